The molecule has 2 amide bonds. The molecule has 0 atom stereocenters. The molecule has 0 aromatic heterocycles. The molecule has 2 aromatic rings. The van der Waals surface area contributed by atoms with E-state index >= 15 is 0 Å². The van der Waals surface area contributed by atoms with Crippen LogP contribution in [0.4, 0.5) is 16.2 Å². The standard InChI is InChI=1S/C29H37N3O5/c1-28(2,3)37-27(34)31(21-8-9-21)14-15-36-24-17-20(30)16-23-25(24)32(26(33)29(23)12-5-13-29)18-19-6-10-22(35-4)11-7-19/h6-7,10-11,16-17,21H,5,8-9,12-15,18,30H2,1-4H3. The first kappa shape index (κ1) is 25.2. The van der Waals surface area contributed by atoms with Crippen molar-refractivity contribution in [2.24, 2.45) is 0 Å². The fourth-order valence-electron chi connectivity index (χ4n) is 5.32. The number of carbonyl (C=O) groups excluding carboxylic acids is 2. The molecule has 3 aliphatic rings. The lowest BCUT2D eigenvalue weighted by Gasteiger charge is -2.37. The van der Waals surface area contributed by atoms with Crippen molar-refractivity contribution in [3.63, 3.8) is 0 Å². The molecule has 1 spiro atoms. The van der Waals surface area contributed by atoms with Crippen LogP contribution in [0.2, 0.25) is 0 Å². The fourth-order valence-corrected chi connectivity index (χ4v) is 5.32. The topological polar surface area (TPSA) is 94.3 Å². The summed E-state index contributed by atoms with van der Waals surface area (Å²) in [6.07, 6.45) is 4.27. The first-order chi connectivity index (χ1) is 17.6. The lowest BCUT2D eigenvalue weighted by molar-refractivity contribution is -0.126. The number of rotatable bonds is 8. The van der Waals surface area contributed by atoms with Gasteiger partial charge in [0.15, 0.2) is 0 Å². The number of amides is 2. The van der Waals surface area contributed by atoms with E-state index in [2.05, 4.69) is 0 Å². The van der Waals surface area contributed by atoms with E-state index in [1.165, 1.54) is 0 Å². The maximum atomic E-state index is 13.8. The van der Waals surface area contributed by atoms with Gasteiger partial charge in [-0.2, -0.15) is 0 Å². The molecule has 5 rings (SSSR count). The monoisotopic (exact) mass is 507 g/mol. The summed E-state index contributed by atoms with van der Waals surface area (Å²) in [5.41, 5.74) is 8.56. The molecule has 2 aliphatic carbocycles. The number of anilines is 2. The Morgan fingerprint density at radius 3 is 2.43 bits per heavy atom. The summed E-state index contributed by atoms with van der Waals surface area (Å²) < 4.78 is 17.2. The van der Waals surface area contributed by atoms with Crippen LogP contribution in [0.5, 0.6) is 11.5 Å². The summed E-state index contributed by atoms with van der Waals surface area (Å²) in [5, 5.41) is 0. The average Bonchev–Trinajstić information content (AvgIpc) is 3.60. The molecule has 37 heavy (non-hydrogen) atoms. The van der Waals surface area contributed by atoms with Gasteiger partial charge < -0.3 is 29.7 Å². The van der Waals surface area contributed by atoms with Gasteiger partial charge in [0.2, 0.25) is 5.91 Å². The second kappa shape index (κ2) is 9.47. The van der Waals surface area contributed by atoms with Gasteiger partial charge in [-0.05, 0) is 75.8 Å². The van der Waals surface area contributed by atoms with Crippen molar-refractivity contribution in [1.29, 1.82) is 0 Å². The van der Waals surface area contributed by atoms with E-state index in [4.69, 9.17) is 19.9 Å². The van der Waals surface area contributed by atoms with Crippen molar-refractivity contribution in [3.05, 3.63) is 47.5 Å². The van der Waals surface area contributed by atoms with Gasteiger partial charge in [-0.25, -0.2) is 4.79 Å². The minimum Gasteiger partial charge on any atom is -0.497 e. The molecule has 0 unspecified atom stereocenters. The van der Waals surface area contributed by atoms with Gasteiger partial charge in [0, 0.05) is 17.8 Å². The highest BCUT2D eigenvalue weighted by Gasteiger charge is 2.55. The van der Waals surface area contributed by atoms with Gasteiger partial charge in [-0.15, -0.1) is 0 Å². The number of hydrogen-bond acceptors (Lipinski definition) is 6. The van der Waals surface area contributed by atoms with Gasteiger partial charge >= 0.3 is 6.09 Å². The zero-order valence-corrected chi connectivity index (χ0v) is 22.2. The zero-order chi connectivity index (χ0) is 26.4. The van der Waals surface area contributed by atoms with E-state index in [1.807, 2.05) is 56.0 Å². The summed E-state index contributed by atoms with van der Waals surface area (Å²) in [7, 11) is 1.64. The SMILES string of the molecule is COc1ccc(CN2C(=O)C3(CCC3)c3cc(N)cc(OCCN(C(=O)OC(C)(C)C)C4CC4)c32)cc1. The van der Waals surface area contributed by atoms with Crippen LogP contribution in [0, 0.1) is 0 Å². The Hall–Kier alpha value is -3.42. The van der Waals surface area contributed by atoms with E-state index in [0.717, 1.165) is 54.7 Å². The summed E-state index contributed by atoms with van der Waals surface area (Å²) in [6, 6.07) is 11.7. The normalized spacial score (nSPS) is 17.8. The predicted octanol–water partition coefficient (Wildman–Crippen LogP) is 5.02. The number of benzene rings is 2. The van der Waals surface area contributed by atoms with Crippen LogP contribution in [-0.2, 0) is 21.5 Å². The molecule has 2 aromatic carbocycles. The molecule has 2 fully saturated rings. The van der Waals surface area contributed by atoms with Crippen molar-refractivity contribution in [2.45, 2.75) is 76.5 Å². The third-order valence-electron chi connectivity index (χ3n) is 7.45. The van der Waals surface area contributed by atoms with E-state index in [0.29, 0.717) is 24.5 Å². The van der Waals surface area contributed by atoms with Crippen LogP contribution in [0.15, 0.2) is 36.4 Å². The van der Waals surface area contributed by atoms with Crippen LogP contribution in [0.25, 0.3) is 0 Å². The Bertz CT molecular complexity index is 1180. The Labute approximate surface area is 218 Å². The molecule has 2 N–H and O–H groups in total. The summed E-state index contributed by atoms with van der Waals surface area (Å²) in [4.78, 5) is 30.2. The molecule has 0 radical (unpaired) electrons. The maximum Gasteiger partial charge on any atom is 0.410 e. The summed E-state index contributed by atoms with van der Waals surface area (Å²) in [5.74, 6) is 1.46. The highest BCUT2D eigenvalue weighted by atomic mass is 16.6. The molecule has 2 saturated carbocycles. The van der Waals surface area contributed by atoms with Crippen LogP contribution in [-0.4, -0.2) is 48.8 Å². The molecule has 1 heterocycles. The molecule has 8 nitrogen and oxygen atoms in total. The van der Waals surface area contributed by atoms with Gasteiger partial charge in [0.25, 0.3) is 0 Å². The van der Waals surface area contributed by atoms with E-state index in [-0.39, 0.29) is 24.6 Å². The van der Waals surface area contributed by atoms with Crippen LogP contribution >= 0.6 is 0 Å². The smallest absolute Gasteiger partial charge is 0.410 e. The first-order valence-electron chi connectivity index (χ1n) is 13.1. The quantitative estimate of drug-likeness (QED) is 0.504. The number of ether oxygens (including phenoxy) is 3. The third-order valence-corrected chi connectivity index (χ3v) is 7.45. The first-order valence-corrected chi connectivity index (χ1v) is 13.1. The van der Waals surface area contributed by atoms with Crippen LogP contribution < -0.4 is 20.1 Å². The zero-order valence-electron chi connectivity index (χ0n) is 22.2. The highest BCUT2D eigenvalue weighted by Crippen LogP contribution is 2.57. The van der Waals surface area contributed by atoms with Crippen molar-refractivity contribution in [1.82, 2.24) is 4.90 Å². The Morgan fingerprint density at radius 1 is 1.16 bits per heavy atom. The van der Waals surface area contributed by atoms with Gasteiger partial charge in [0.05, 0.1) is 31.3 Å². The molecular formula is C29H37N3O5. The van der Waals surface area contributed by atoms with Crippen LogP contribution in [0.3, 0.4) is 0 Å². The number of carbonyl (C=O) groups is 2. The van der Waals surface area contributed by atoms with Crippen molar-refractivity contribution in [3.8, 4) is 11.5 Å². The van der Waals surface area contributed by atoms with Gasteiger partial charge in [-0.3, -0.25) is 4.79 Å². The third kappa shape index (κ3) is 4.93. The van der Waals surface area contributed by atoms with E-state index < -0.39 is 11.0 Å². The number of nitrogens with zero attached hydrogens (tertiary/aromatic N) is 2. The summed E-state index contributed by atoms with van der Waals surface area (Å²) >= 11 is 0. The van der Waals surface area contributed by atoms with E-state index in [9.17, 15) is 9.59 Å². The molecule has 198 valence electrons. The number of hydrogen-bond donors (Lipinski definition) is 1. The minimum absolute atomic E-state index is 0.105. The average molecular weight is 508 g/mol. The fraction of sp³-hybridized carbons (Fsp3) is 0.517. The lowest BCUT2D eigenvalue weighted by atomic mass is 9.65. The van der Waals surface area contributed by atoms with E-state index in [1.54, 1.807) is 18.1 Å². The van der Waals surface area contributed by atoms with Crippen molar-refractivity contribution >= 4 is 23.4 Å². The number of nitrogen functional groups attached to an aromatic ring is 1. The number of fused-ring (bicyclic) bond motifs is 2. The maximum absolute atomic E-state index is 13.8. The van der Waals surface area contributed by atoms with Crippen molar-refractivity contribution in [2.75, 3.05) is 30.9 Å². The minimum atomic E-state index is -0.556. The number of methoxy groups -OCH3 is 1. The van der Waals surface area contributed by atoms with Gasteiger partial charge in [0.1, 0.15) is 23.7 Å². The largest absolute Gasteiger partial charge is 0.497 e. The summed E-state index contributed by atoms with van der Waals surface area (Å²) in [6.45, 7) is 6.72. The lowest BCUT2D eigenvalue weighted by Crippen LogP contribution is -2.44. The Morgan fingerprint density at radius 2 is 1.86 bits per heavy atom. The number of nitrogens with two attached hydrogens (primary N) is 1. The highest BCUT2D eigenvalue weighted by molar-refractivity contribution is 6.10. The molecule has 0 saturated heterocycles. The molecule has 0 bridgehead atoms. The Kier molecular flexibility index (Phi) is 6.46. The second-order valence-corrected chi connectivity index (χ2v) is 11.3. The molecule has 1 aliphatic heterocycles. The van der Waals surface area contributed by atoms with Crippen molar-refractivity contribution < 1.29 is 23.8 Å². The van der Waals surface area contributed by atoms with Gasteiger partial charge in [-0.1, -0.05) is 18.6 Å². The predicted molar refractivity (Wildman–Crippen MR) is 142 cm³/mol. The second-order valence-electron chi connectivity index (χ2n) is 11.3. The molecular weight excluding hydrogens is 470 g/mol. The Balaban J connectivity index is 1.39. The van der Waals surface area contributed by atoms with Crippen LogP contribution in [0.1, 0.15) is 64.0 Å². The molecule has 8 heteroatoms.